The topological polar surface area (TPSA) is 110 Å². The lowest BCUT2D eigenvalue weighted by Gasteiger charge is -2.33. The highest BCUT2D eigenvalue weighted by molar-refractivity contribution is 5.91. The van der Waals surface area contributed by atoms with Gasteiger partial charge < -0.3 is 25.0 Å². The van der Waals surface area contributed by atoms with Crippen LogP contribution in [-0.2, 0) is 20.9 Å². The van der Waals surface area contributed by atoms with E-state index in [0.29, 0.717) is 22.9 Å². The molecule has 2 N–H and O–H groups in total. The number of halogens is 1. The largest absolute Gasteiger partial charge is 0.454 e. The second kappa shape index (κ2) is 13.9. The molecular formula is C32H35FN4O5. The lowest BCUT2D eigenvalue weighted by atomic mass is 9.94. The van der Waals surface area contributed by atoms with Crippen molar-refractivity contribution in [2.45, 2.75) is 70.0 Å². The van der Waals surface area contributed by atoms with Crippen LogP contribution < -0.4 is 20.1 Å². The number of hydrogen-bond acceptors (Lipinski definition) is 6. The fourth-order valence-electron chi connectivity index (χ4n) is 5.39. The SMILES string of the molecule is O=C(CCCC(=O)N(Cc1ccc2c(c1)OCO2)[C@H](C(=O)NC1CCCCC1)c1ccc(F)cc1)Nc1ccccn1. The van der Waals surface area contributed by atoms with Gasteiger partial charge in [0.1, 0.15) is 17.7 Å². The molecule has 2 aliphatic rings. The van der Waals surface area contributed by atoms with Crippen LogP contribution in [-0.4, -0.2) is 40.4 Å². The van der Waals surface area contributed by atoms with E-state index in [1.54, 1.807) is 48.7 Å². The summed E-state index contributed by atoms with van der Waals surface area (Å²) in [6.07, 6.45) is 6.96. The van der Waals surface area contributed by atoms with Crippen LogP contribution in [0, 0.1) is 5.82 Å². The average Bonchev–Trinajstić information content (AvgIpc) is 3.47. The minimum atomic E-state index is -0.993. The summed E-state index contributed by atoms with van der Waals surface area (Å²) in [5.41, 5.74) is 1.25. The summed E-state index contributed by atoms with van der Waals surface area (Å²) in [4.78, 5) is 45.8. The van der Waals surface area contributed by atoms with E-state index >= 15 is 0 Å². The summed E-state index contributed by atoms with van der Waals surface area (Å²) in [7, 11) is 0. The third-order valence-electron chi connectivity index (χ3n) is 7.53. The van der Waals surface area contributed by atoms with Crippen LogP contribution in [0.2, 0.25) is 0 Å². The molecule has 5 rings (SSSR count). The Kier molecular flexibility index (Phi) is 9.63. The maximum Gasteiger partial charge on any atom is 0.247 e. The minimum Gasteiger partial charge on any atom is -0.454 e. The van der Waals surface area contributed by atoms with Gasteiger partial charge >= 0.3 is 0 Å². The maximum atomic E-state index is 13.9. The molecule has 10 heteroatoms. The highest BCUT2D eigenvalue weighted by atomic mass is 19.1. The van der Waals surface area contributed by atoms with Gasteiger partial charge in [0.15, 0.2) is 11.5 Å². The van der Waals surface area contributed by atoms with E-state index in [2.05, 4.69) is 15.6 Å². The predicted molar refractivity (Wildman–Crippen MR) is 154 cm³/mol. The van der Waals surface area contributed by atoms with Gasteiger partial charge in [-0.1, -0.05) is 43.5 Å². The number of carbonyl (C=O) groups excluding carboxylic acids is 3. The number of anilines is 1. The molecule has 1 aromatic heterocycles. The first-order chi connectivity index (χ1) is 20.5. The van der Waals surface area contributed by atoms with E-state index < -0.39 is 11.9 Å². The quantitative estimate of drug-likeness (QED) is 0.323. The Morgan fingerprint density at radius 1 is 0.952 bits per heavy atom. The monoisotopic (exact) mass is 574 g/mol. The van der Waals surface area contributed by atoms with Crippen LogP contribution >= 0.6 is 0 Å². The molecule has 2 aromatic carbocycles. The second-order valence-corrected chi connectivity index (χ2v) is 10.6. The number of rotatable bonds is 11. The van der Waals surface area contributed by atoms with Crippen molar-refractivity contribution in [3.05, 3.63) is 83.8 Å². The molecule has 0 spiro atoms. The van der Waals surface area contributed by atoms with Gasteiger partial charge in [-0.3, -0.25) is 14.4 Å². The van der Waals surface area contributed by atoms with E-state index in [-0.39, 0.29) is 56.4 Å². The minimum absolute atomic E-state index is 0.0204. The Hall–Kier alpha value is -4.47. The summed E-state index contributed by atoms with van der Waals surface area (Å²) in [6.45, 7) is 0.222. The Morgan fingerprint density at radius 2 is 1.74 bits per heavy atom. The van der Waals surface area contributed by atoms with Gasteiger partial charge in [-0.15, -0.1) is 0 Å². The molecule has 1 fully saturated rings. The van der Waals surface area contributed by atoms with Crippen molar-refractivity contribution < 1.29 is 28.2 Å². The molecule has 1 aliphatic heterocycles. The number of carbonyl (C=O) groups is 3. The summed E-state index contributed by atoms with van der Waals surface area (Å²) < 4.78 is 24.9. The van der Waals surface area contributed by atoms with E-state index in [4.69, 9.17) is 9.47 Å². The number of hydrogen-bond donors (Lipinski definition) is 2. The van der Waals surface area contributed by atoms with Crippen LogP contribution in [0.25, 0.3) is 0 Å². The van der Waals surface area contributed by atoms with Crippen LogP contribution in [0.15, 0.2) is 66.9 Å². The first kappa shape index (κ1) is 29.0. The molecule has 9 nitrogen and oxygen atoms in total. The van der Waals surface area contributed by atoms with Crippen molar-refractivity contribution in [2.75, 3.05) is 12.1 Å². The van der Waals surface area contributed by atoms with Crippen molar-refractivity contribution in [1.29, 1.82) is 0 Å². The molecule has 1 atom stereocenters. The molecule has 1 aliphatic carbocycles. The van der Waals surface area contributed by atoms with Crippen LogP contribution in [0.1, 0.15) is 68.5 Å². The van der Waals surface area contributed by atoms with Crippen molar-refractivity contribution in [1.82, 2.24) is 15.2 Å². The van der Waals surface area contributed by atoms with Crippen molar-refractivity contribution in [3.63, 3.8) is 0 Å². The molecular weight excluding hydrogens is 539 g/mol. The highest BCUT2D eigenvalue weighted by Gasteiger charge is 2.33. The Balaban J connectivity index is 1.37. The van der Waals surface area contributed by atoms with E-state index in [0.717, 1.165) is 37.7 Å². The standard InChI is InChI=1S/C32H35FN4O5/c33-24-15-13-23(14-16-24)31(32(40)35-25-7-2-1-3-8-25)37(20-22-12-17-26-27(19-22)42-21-41-26)30(39)11-6-10-29(38)36-28-9-4-5-18-34-28/h4-5,9,12-19,25,31H,1-3,6-8,10-11,20-21H2,(H,35,40)(H,34,36,38)/t31-/m0/s1. The maximum absolute atomic E-state index is 13.9. The predicted octanol–water partition coefficient (Wildman–Crippen LogP) is 5.28. The first-order valence-electron chi connectivity index (χ1n) is 14.4. The number of aromatic nitrogens is 1. The first-order valence-corrected chi connectivity index (χ1v) is 14.4. The van der Waals surface area contributed by atoms with Crippen LogP contribution in [0.4, 0.5) is 10.2 Å². The molecule has 3 amide bonds. The van der Waals surface area contributed by atoms with Crippen LogP contribution in [0.5, 0.6) is 11.5 Å². The molecule has 0 unspecified atom stereocenters. The van der Waals surface area contributed by atoms with Gasteiger partial charge in [-0.05, 0) is 66.8 Å². The molecule has 1 saturated carbocycles. The zero-order chi connectivity index (χ0) is 29.3. The normalized spacial score (nSPS) is 15.1. The van der Waals surface area contributed by atoms with E-state index in [9.17, 15) is 18.8 Å². The summed E-state index contributed by atoms with van der Waals surface area (Å²) in [5, 5.41) is 5.88. The fraction of sp³-hybridized carbons (Fsp3) is 0.375. The number of nitrogens with zero attached hydrogens (tertiary/aromatic N) is 2. The number of benzene rings is 2. The lowest BCUT2D eigenvalue weighted by Crippen LogP contribution is -2.46. The van der Waals surface area contributed by atoms with Gasteiger partial charge in [0.25, 0.3) is 0 Å². The van der Waals surface area contributed by atoms with Gasteiger partial charge in [-0.2, -0.15) is 0 Å². The van der Waals surface area contributed by atoms with Crippen molar-refractivity contribution in [3.8, 4) is 11.5 Å². The Morgan fingerprint density at radius 3 is 2.50 bits per heavy atom. The van der Waals surface area contributed by atoms with Gasteiger partial charge in [0.2, 0.25) is 24.5 Å². The van der Waals surface area contributed by atoms with Crippen molar-refractivity contribution in [2.24, 2.45) is 0 Å². The molecule has 0 bridgehead atoms. The van der Waals surface area contributed by atoms with Crippen molar-refractivity contribution >= 4 is 23.5 Å². The van der Waals surface area contributed by atoms with Gasteiger partial charge in [0, 0.05) is 31.6 Å². The Bertz CT molecular complexity index is 1380. The summed E-state index contributed by atoms with van der Waals surface area (Å²) in [5.74, 6) is 0.319. The molecule has 3 aromatic rings. The smallest absolute Gasteiger partial charge is 0.247 e. The number of amides is 3. The Labute approximate surface area is 244 Å². The lowest BCUT2D eigenvalue weighted by molar-refractivity contribution is -0.142. The number of ether oxygens (including phenoxy) is 2. The molecule has 0 radical (unpaired) electrons. The molecule has 220 valence electrons. The van der Waals surface area contributed by atoms with Gasteiger partial charge in [0.05, 0.1) is 0 Å². The molecule has 0 saturated heterocycles. The molecule has 42 heavy (non-hydrogen) atoms. The highest BCUT2D eigenvalue weighted by Crippen LogP contribution is 2.34. The zero-order valence-electron chi connectivity index (χ0n) is 23.4. The fourth-order valence-corrected chi connectivity index (χ4v) is 5.39. The van der Waals surface area contributed by atoms with Gasteiger partial charge in [-0.25, -0.2) is 9.37 Å². The number of fused-ring (bicyclic) bond motifs is 1. The zero-order valence-corrected chi connectivity index (χ0v) is 23.4. The average molecular weight is 575 g/mol. The number of nitrogens with one attached hydrogen (secondary N) is 2. The summed E-state index contributed by atoms with van der Waals surface area (Å²) in [6, 6.07) is 15.3. The molecule has 2 heterocycles. The van der Waals surface area contributed by atoms with Crippen LogP contribution in [0.3, 0.4) is 0 Å². The second-order valence-electron chi connectivity index (χ2n) is 10.6. The van der Waals surface area contributed by atoms with E-state index in [1.165, 1.54) is 17.0 Å². The number of pyridine rings is 1. The van der Waals surface area contributed by atoms with E-state index in [1.807, 2.05) is 6.07 Å². The third kappa shape index (κ3) is 7.63. The summed E-state index contributed by atoms with van der Waals surface area (Å²) >= 11 is 0. The third-order valence-corrected chi connectivity index (χ3v) is 7.53.